The van der Waals surface area contributed by atoms with Gasteiger partial charge in [0.1, 0.15) is 17.2 Å². The molecule has 5 heteroatoms. The number of aryl methyl sites for hydroxylation is 1. The third-order valence-corrected chi connectivity index (χ3v) is 4.32. The number of carbonyl (C=O) groups is 1. The minimum absolute atomic E-state index is 0.0882. The molecule has 0 saturated heterocycles. The fourth-order valence-corrected chi connectivity index (χ4v) is 2.96. The molecular weight excluding hydrogens is 341 g/mol. The second kappa shape index (κ2) is 6.96. The standard InChI is InChI=1S/C22H16FN3O/c1-15-11-12-17(18(13-15)22(27)16-7-3-2-4-8-16)20-14-26(25-24-20)21-10-6-5-9-19(21)23/h2-14H,1H3. The van der Waals surface area contributed by atoms with E-state index in [9.17, 15) is 9.18 Å². The number of aromatic nitrogens is 3. The van der Waals surface area contributed by atoms with Crippen LogP contribution in [-0.2, 0) is 0 Å². The zero-order valence-corrected chi connectivity index (χ0v) is 14.6. The predicted octanol–water partition coefficient (Wildman–Crippen LogP) is 4.61. The lowest BCUT2D eigenvalue weighted by molar-refractivity contribution is 0.103. The van der Waals surface area contributed by atoms with Gasteiger partial charge in [0.15, 0.2) is 5.78 Å². The van der Waals surface area contributed by atoms with Gasteiger partial charge in [-0.2, -0.15) is 0 Å². The molecule has 132 valence electrons. The summed E-state index contributed by atoms with van der Waals surface area (Å²) in [4.78, 5) is 13.0. The van der Waals surface area contributed by atoms with E-state index in [0.717, 1.165) is 5.56 Å². The quantitative estimate of drug-likeness (QED) is 0.501. The molecule has 0 spiro atoms. The fraction of sp³-hybridized carbons (Fsp3) is 0.0455. The molecule has 3 aromatic carbocycles. The number of hydrogen-bond acceptors (Lipinski definition) is 3. The minimum Gasteiger partial charge on any atom is -0.289 e. The first-order valence-corrected chi connectivity index (χ1v) is 8.51. The minimum atomic E-state index is -0.390. The van der Waals surface area contributed by atoms with E-state index in [1.807, 2.05) is 43.3 Å². The second-order valence-corrected chi connectivity index (χ2v) is 6.24. The second-order valence-electron chi connectivity index (χ2n) is 6.24. The molecular formula is C22H16FN3O. The van der Waals surface area contributed by atoms with Crippen molar-refractivity contribution in [1.29, 1.82) is 0 Å². The maximum absolute atomic E-state index is 14.0. The van der Waals surface area contributed by atoms with Crippen molar-refractivity contribution in [2.75, 3.05) is 0 Å². The molecule has 0 radical (unpaired) electrons. The number of nitrogens with zero attached hydrogens (tertiary/aromatic N) is 3. The summed E-state index contributed by atoms with van der Waals surface area (Å²) < 4.78 is 15.4. The summed E-state index contributed by atoms with van der Waals surface area (Å²) in [5.41, 5.74) is 3.60. The maximum Gasteiger partial charge on any atom is 0.193 e. The summed E-state index contributed by atoms with van der Waals surface area (Å²) in [6, 6.07) is 21.0. The Morgan fingerprint density at radius 2 is 1.70 bits per heavy atom. The molecule has 1 heterocycles. The van der Waals surface area contributed by atoms with Crippen LogP contribution in [0.15, 0.2) is 79.0 Å². The molecule has 1 aromatic heterocycles. The van der Waals surface area contributed by atoms with E-state index >= 15 is 0 Å². The van der Waals surface area contributed by atoms with Crippen LogP contribution in [0.5, 0.6) is 0 Å². The number of benzene rings is 3. The number of para-hydroxylation sites is 1. The van der Waals surface area contributed by atoms with Crippen molar-refractivity contribution < 1.29 is 9.18 Å². The highest BCUT2D eigenvalue weighted by Gasteiger charge is 2.18. The average Bonchev–Trinajstić information content (AvgIpc) is 3.18. The van der Waals surface area contributed by atoms with Gasteiger partial charge in [-0.3, -0.25) is 4.79 Å². The molecule has 0 atom stereocenters. The van der Waals surface area contributed by atoms with Crippen LogP contribution in [0.2, 0.25) is 0 Å². The average molecular weight is 357 g/mol. The summed E-state index contributed by atoms with van der Waals surface area (Å²) >= 11 is 0. The van der Waals surface area contributed by atoms with Crippen molar-refractivity contribution >= 4 is 5.78 Å². The van der Waals surface area contributed by atoms with E-state index in [4.69, 9.17) is 0 Å². The number of ketones is 1. The van der Waals surface area contributed by atoms with Crippen molar-refractivity contribution in [3.8, 4) is 16.9 Å². The van der Waals surface area contributed by atoms with Crippen molar-refractivity contribution in [2.45, 2.75) is 6.92 Å². The number of halogens is 1. The largest absolute Gasteiger partial charge is 0.289 e. The van der Waals surface area contributed by atoms with Crippen molar-refractivity contribution in [1.82, 2.24) is 15.0 Å². The first-order chi connectivity index (χ1) is 13.1. The zero-order valence-electron chi connectivity index (χ0n) is 14.6. The van der Waals surface area contributed by atoms with E-state index in [2.05, 4.69) is 10.3 Å². The third-order valence-electron chi connectivity index (χ3n) is 4.32. The molecule has 0 fully saturated rings. The first-order valence-electron chi connectivity index (χ1n) is 8.51. The molecule has 4 aromatic rings. The van der Waals surface area contributed by atoms with Crippen LogP contribution in [0.1, 0.15) is 21.5 Å². The molecule has 0 amide bonds. The lowest BCUT2D eigenvalue weighted by Crippen LogP contribution is -2.04. The Bertz CT molecular complexity index is 1120. The van der Waals surface area contributed by atoms with Crippen LogP contribution in [0, 0.1) is 12.7 Å². The maximum atomic E-state index is 14.0. The number of rotatable bonds is 4. The molecule has 0 saturated carbocycles. The van der Waals surface area contributed by atoms with Crippen LogP contribution >= 0.6 is 0 Å². The van der Waals surface area contributed by atoms with Crippen molar-refractivity contribution in [3.63, 3.8) is 0 Å². The highest BCUT2D eigenvalue weighted by atomic mass is 19.1. The van der Waals surface area contributed by atoms with Crippen LogP contribution in [0.25, 0.3) is 16.9 Å². The molecule has 0 aliphatic heterocycles. The molecule has 4 nitrogen and oxygen atoms in total. The highest BCUT2D eigenvalue weighted by Crippen LogP contribution is 2.26. The molecule has 27 heavy (non-hydrogen) atoms. The first kappa shape index (κ1) is 16.8. The summed E-state index contributed by atoms with van der Waals surface area (Å²) in [5.74, 6) is -0.479. The van der Waals surface area contributed by atoms with Gasteiger partial charge in [0, 0.05) is 16.7 Å². The van der Waals surface area contributed by atoms with Crippen LogP contribution in [0.4, 0.5) is 4.39 Å². The SMILES string of the molecule is Cc1ccc(-c2cn(-c3ccccc3F)nn2)c(C(=O)c2ccccc2)c1. The Hall–Kier alpha value is -3.60. The number of hydrogen-bond donors (Lipinski definition) is 0. The van der Waals surface area contributed by atoms with Crippen LogP contribution in [-0.4, -0.2) is 20.8 Å². The van der Waals surface area contributed by atoms with Gasteiger partial charge in [0.25, 0.3) is 0 Å². The lowest BCUT2D eigenvalue weighted by atomic mass is 9.95. The van der Waals surface area contributed by atoms with E-state index < -0.39 is 5.82 Å². The van der Waals surface area contributed by atoms with Crippen molar-refractivity contribution in [3.05, 3.63) is 102 Å². The van der Waals surface area contributed by atoms with Gasteiger partial charge in [-0.15, -0.1) is 5.10 Å². The van der Waals surface area contributed by atoms with Crippen LogP contribution < -0.4 is 0 Å². The lowest BCUT2D eigenvalue weighted by Gasteiger charge is -2.08. The van der Waals surface area contributed by atoms with Gasteiger partial charge in [-0.25, -0.2) is 9.07 Å². The summed E-state index contributed by atoms with van der Waals surface area (Å²) in [5, 5.41) is 8.20. The van der Waals surface area contributed by atoms with Gasteiger partial charge >= 0.3 is 0 Å². The summed E-state index contributed by atoms with van der Waals surface area (Å²) in [7, 11) is 0. The summed E-state index contributed by atoms with van der Waals surface area (Å²) in [6.45, 7) is 1.93. The van der Waals surface area contributed by atoms with Gasteiger partial charge in [-0.05, 0) is 25.1 Å². The Balaban J connectivity index is 1.80. The zero-order chi connectivity index (χ0) is 18.8. The van der Waals surface area contributed by atoms with Gasteiger partial charge in [0.05, 0.1) is 6.20 Å². The van der Waals surface area contributed by atoms with Gasteiger partial charge < -0.3 is 0 Å². The Morgan fingerprint density at radius 1 is 0.963 bits per heavy atom. The smallest absolute Gasteiger partial charge is 0.193 e. The van der Waals surface area contributed by atoms with Crippen LogP contribution in [0.3, 0.4) is 0 Å². The van der Waals surface area contributed by atoms with Gasteiger partial charge in [0.2, 0.25) is 0 Å². The molecule has 0 aliphatic rings. The summed E-state index contributed by atoms with van der Waals surface area (Å²) in [6.07, 6.45) is 1.63. The number of carbonyl (C=O) groups excluding carboxylic acids is 1. The fourth-order valence-electron chi connectivity index (χ4n) is 2.96. The van der Waals surface area contributed by atoms with E-state index in [1.54, 1.807) is 36.5 Å². The monoisotopic (exact) mass is 357 g/mol. The Morgan fingerprint density at radius 3 is 2.48 bits per heavy atom. The molecule has 0 unspecified atom stereocenters. The predicted molar refractivity (Wildman–Crippen MR) is 101 cm³/mol. The van der Waals surface area contributed by atoms with E-state index in [0.29, 0.717) is 28.1 Å². The molecule has 0 aliphatic carbocycles. The Kier molecular flexibility index (Phi) is 4.34. The molecule has 0 bridgehead atoms. The Labute approximate surface area is 155 Å². The van der Waals surface area contributed by atoms with Crippen molar-refractivity contribution in [2.24, 2.45) is 0 Å². The molecule has 0 N–H and O–H groups in total. The van der Waals surface area contributed by atoms with E-state index in [1.165, 1.54) is 10.7 Å². The topological polar surface area (TPSA) is 47.8 Å². The normalized spacial score (nSPS) is 10.7. The highest BCUT2D eigenvalue weighted by molar-refractivity contribution is 6.12. The molecule has 4 rings (SSSR count). The third kappa shape index (κ3) is 3.27. The van der Waals surface area contributed by atoms with Gasteiger partial charge in [-0.1, -0.05) is 65.4 Å². The van der Waals surface area contributed by atoms with E-state index in [-0.39, 0.29) is 5.78 Å².